The minimum absolute atomic E-state index is 0. The second-order valence-electron chi connectivity index (χ2n) is 26.3. The predicted octanol–water partition coefficient (Wildman–Crippen LogP) is -20.5. The van der Waals surface area contributed by atoms with E-state index in [1.807, 2.05) is 45.8 Å². The molecule has 0 bridgehead atoms. The number of aliphatic hydroxyl groups is 8. The number of hydrogen-bond donors (Lipinski definition) is 16. The summed E-state index contributed by atoms with van der Waals surface area (Å²) in [5.41, 5.74) is 31.4. The van der Waals surface area contributed by atoms with Crippen LogP contribution in [-0.2, 0) is 73.1 Å². The molecular weight excluding hydrogens is 1900 g/mol. The standard InChI is InChI=1S/C16H19N4O7P.C15H19N4O13P3S.C15H17N4O8P.C15H17N4O7PS.6Na/c17-14-11-9(8-3-1-2-4-8)5-20(15(11)19-7-18-14)16-13(22)12(21)10(27-16)6-26-28(23,24)25;16-13-10-8(7-1-2-36-5-7)3-19(14(10)18-6-17-13)15-12(21)11(20)9(30-15)4-29-34(25,26)32-35(27,28)31-33(22,23)24;16-13-10-8(7-1-2-25-4-7)3-19(14(10)18-6-17-13)15-12(21)11(20)9(27-15)5-26-28(22,23)24;16-13-10-8(7-1-2-28-5-7)3-19(14(10)18-6-17-13)15-12(21)11(20)9(26-15)4-25-27(22,23)24;;;;;;/h1-3,5,7,10,12-13,16,21-22H,4,6H2,(H2,17,18,19)(H2,23,24,25);1-3,5-6,9,11-12,15,20-21H,4H2,(H,25,26)(H,27,28)(H2,16,17,18)(H2,22,23,24);1-4,6,9,11-12,15,20-21H,5H2,(H2,16,17,18)(H2,22,23,24);1-3,5-6,9,11-12,15,20-21H,4H2,(H2,16,17,18)(H2,22,23,24);;;;;;/q;;;;6*+1/p-6/t10-,12?,13+,16-;3*9-,11?,12+,15-;;;;;;/m1111....../s1. The van der Waals surface area contributed by atoms with Gasteiger partial charge in [0.1, 0.15) is 144 Å². The molecule has 1 aliphatic carbocycles. The van der Waals surface area contributed by atoms with Gasteiger partial charge in [0.15, 0.2) is 24.9 Å². The fourth-order valence-corrected chi connectivity index (χ4v) is 18.6. The number of furan rings is 1. The van der Waals surface area contributed by atoms with Gasteiger partial charge in [-0.15, -0.1) is 0 Å². The Kier molecular flexibility index (Phi) is 40.4. The first-order valence-electron chi connectivity index (χ1n) is 34.2. The van der Waals surface area contributed by atoms with Crippen LogP contribution < -0.4 is 230 Å². The Morgan fingerprint density at radius 1 is 0.405 bits per heavy atom. The van der Waals surface area contributed by atoms with Gasteiger partial charge in [0.05, 0.1) is 60.5 Å². The first-order valence-corrected chi connectivity index (χ1v) is 45.0. The Balaban J connectivity index is 0.000000228. The zero-order chi connectivity index (χ0) is 86.6. The van der Waals surface area contributed by atoms with Crippen LogP contribution >= 0.6 is 69.6 Å². The molecule has 0 amide bonds. The Hall–Kier alpha value is -1.90. The Morgan fingerprint density at radius 2 is 0.714 bits per heavy atom. The van der Waals surface area contributed by atoms with Gasteiger partial charge in [0.25, 0.3) is 46.9 Å². The normalized spacial score (nSPS) is 26.5. The number of fused-ring (bicyclic) bond motifs is 4. The van der Waals surface area contributed by atoms with Crippen molar-refractivity contribution in [1.82, 2.24) is 58.1 Å². The van der Waals surface area contributed by atoms with Gasteiger partial charge in [-0.25, -0.2) is 48.5 Å². The van der Waals surface area contributed by atoms with Crippen LogP contribution in [-0.4, -0.2) is 218 Å². The molecule has 11 aromatic heterocycles. The Bertz CT molecular complexity index is 5750. The minimum Gasteiger partial charge on any atom is -0.756 e. The maximum atomic E-state index is 11.8. The molecule has 15 heterocycles. The van der Waals surface area contributed by atoms with Crippen molar-refractivity contribution in [2.45, 2.75) is 105 Å². The van der Waals surface area contributed by atoms with Crippen molar-refractivity contribution >= 4 is 143 Å². The number of nitrogens with two attached hydrogens (primary N) is 4. The number of aliphatic hydroxyl groups excluding tert-OH is 8. The molecule has 65 heteroatoms. The number of nitrogens with zero attached hydrogens (tertiary/aromatic N) is 12. The summed E-state index contributed by atoms with van der Waals surface area (Å²) in [7, 11) is -32.8. The van der Waals surface area contributed by atoms with Crippen LogP contribution in [0.25, 0.3) is 83.1 Å². The molecule has 5 aliphatic rings. The predicted molar refractivity (Wildman–Crippen MR) is 398 cm³/mol. The molecule has 648 valence electrons. The summed E-state index contributed by atoms with van der Waals surface area (Å²) in [5, 5.41) is 92.4. The van der Waals surface area contributed by atoms with Crippen molar-refractivity contribution in [2.75, 3.05) is 49.4 Å². The third kappa shape index (κ3) is 26.1. The number of anilines is 4. The van der Waals surface area contributed by atoms with Crippen LogP contribution in [0.5, 0.6) is 0 Å². The molecule has 0 spiro atoms. The molecule has 0 aromatic carbocycles. The van der Waals surface area contributed by atoms with Crippen LogP contribution in [0.2, 0.25) is 0 Å². The third-order valence-corrected chi connectivity index (χ3v) is 25.1. The quantitative estimate of drug-likeness (QED) is 0.0197. The molecule has 0 radical (unpaired) electrons. The maximum absolute atomic E-state index is 11.8. The summed E-state index contributed by atoms with van der Waals surface area (Å²) >= 11 is 2.91. The molecule has 10 unspecified atom stereocenters. The molecule has 0 saturated carbocycles. The van der Waals surface area contributed by atoms with E-state index in [1.165, 1.54) is 78.8 Å². The number of phosphoric ester groups is 4. The number of rotatable bonds is 24. The van der Waals surface area contributed by atoms with Gasteiger partial charge in [-0.2, -0.15) is 22.7 Å². The number of nitrogen functional groups attached to an aromatic ring is 4. The van der Waals surface area contributed by atoms with Crippen molar-refractivity contribution in [2.24, 2.45) is 0 Å². The molecule has 4 fully saturated rings. The average Bonchev–Trinajstić information content (AvgIpc) is 1.61. The van der Waals surface area contributed by atoms with Crippen LogP contribution in [0.15, 0.2) is 125 Å². The van der Waals surface area contributed by atoms with Crippen molar-refractivity contribution in [3.63, 3.8) is 0 Å². The fourth-order valence-electron chi connectivity index (χ4n) is 13.4. The van der Waals surface area contributed by atoms with Gasteiger partial charge in [-0.3, -0.25) is 27.4 Å². The minimum atomic E-state index is -6.10. The van der Waals surface area contributed by atoms with Gasteiger partial charge in [-0.1, -0.05) is 18.2 Å². The average molecular weight is 1970 g/mol. The summed E-state index contributed by atoms with van der Waals surface area (Å²) in [6, 6.07) is 5.40. The fraction of sp³-hybridized carbons (Fsp3) is 0.344. The maximum Gasteiger partial charge on any atom is 1.00 e. The second kappa shape index (κ2) is 45.8. The van der Waals surface area contributed by atoms with Gasteiger partial charge >= 0.3 is 177 Å². The van der Waals surface area contributed by atoms with E-state index < -0.39 is 172 Å². The van der Waals surface area contributed by atoms with Crippen LogP contribution in [0, 0.1) is 0 Å². The summed E-state index contributed by atoms with van der Waals surface area (Å²) in [6.45, 7) is -3.03. The molecule has 126 heavy (non-hydrogen) atoms. The zero-order valence-electron chi connectivity index (χ0n) is 66.3. The van der Waals surface area contributed by atoms with Crippen molar-refractivity contribution in [3.05, 3.63) is 126 Å². The topological polar surface area (TPSA) is 816 Å². The zero-order valence-corrected chi connectivity index (χ0v) is 85.3. The van der Waals surface area contributed by atoms with E-state index in [0.717, 1.165) is 27.8 Å². The molecular formula is C61H66N16Na6O35P6S2. The molecule has 22 atom stereocenters. The molecule has 51 nitrogen and oxygen atoms in total. The van der Waals surface area contributed by atoms with Gasteiger partial charge < -0.3 is 172 Å². The smallest absolute Gasteiger partial charge is 0.756 e. The first-order chi connectivity index (χ1) is 56.5. The second-order valence-corrected chi connectivity index (χ2v) is 35.7. The van der Waals surface area contributed by atoms with E-state index in [1.54, 1.807) is 36.9 Å². The molecule has 16 rings (SSSR count). The first kappa shape index (κ1) is 111. The van der Waals surface area contributed by atoms with E-state index in [-0.39, 0.29) is 206 Å². The monoisotopic (exact) mass is 1970 g/mol. The van der Waals surface area contributed by atoms with E-state index in [2.05, 4.69) is 66.6 Å². The molecule has 4 aliphatic heterocycles. The molecule has 11 aromatic rings. The number of phosphoric acid groups is 6. The van der Waals surface area contributed by atoms with Crippen molar-refractivity contribution in [1.29, 1.82) is 0 Å². The van der Waals surface area contributed by atoms with Crippen LogP contribution in [0.1, 0.15) is 36.9 Å². The van der Waals surface area contributed by atoms with Crippen molar-refractivity contribution in [3.8, 4) is 33.4 Å². The van der Waals surface area contributed by atoms with E-state index >= 15 is 0 Å². The van der Waals surface area contributed by atoms with E-state index in [4.69, 9.17) is 65.9 Å². The number of thiophene rings is 2. The Labute approximate surface area is 848 Å². The number of hydrogen-bond acceptors (Lipinski definition) is 45. The molecule has 20 N–H and O–H groups in total. The summed E-state index contributed by atoms with van der Waals surface area (Å²) in [5.74, 6) is 0.824. The van der Waals surface area contributed by atoms with Gasteiger partial charge in [0, 0.05) is 52.6 Å². The van der Waals surface area contributed by atoms with Gasteiger partial charge in [-0.05, 0) is 62.8 Å². The van der Waals surface area contributed by atoms with Crippen molar-refractivity contribution < 1.29 is 345 Å². The Morgan fingerprint density at radius 3 is 0.992 bits per heavy atom. The number of allylic oxidation sites excluding steroid dienone is 4. The van der Waals surface area contributed by atoms with E-state index in [9.17, 15) is 97.6 Å². The molecule has 4 saturated heterocycles. The number of aromatic nitrogens is 12. The van der Waals surface area contributed by atoms with Crippen LogP contribution in [0.3, 0.4) is 0 Å². The summed E-state index contributed by atoms with van der Waals surface area (Å²) in [6.07, 6.45) is -0.693. The third-order valence-electron chi connectivity index (χ3n) is 18.6. The summed E-state index contributed by atoms with van der Waals surface area (Å²) in [4.78, 5) is 133. The summed E-state index contributed by atoms with van der Waals surface area (Å²) < 4.78 is 123. The largest absolute Gasteiger partial charge is 1.00 e. The number of ether oxygens (including phenoxy) is 4. The van der Waals surface area contributed by atoms with Gasteiger partial charge in [0.2, 0.25) is 0 Å². The van der Waals surface area contributed by atoms with Crippen LogP contribution in [0.4, 0.5) is 23.3 Å². The van der Waals surface area contributed by atoms with E-state index in [0.29, 0.717) is 61.6 Å². The SMILES string of the molecule is Nc1ncnc2c1c(-c1ccoc1)cn2[C@@H]1O[C@H](COP(=O)([O-])O)C(O)[C@@H]1O.Nc1ncnc2c1c(-c1ccsc1)cn2[C@@H]1O[C@H](COP(=O)([O-])O)C(O)[C@@H]1O.Nc1ncnc2c1c(-c1ccsc1)cn2[C@@H]1O[C@H](COP(=O)([O-])OP(=O)([O-])OP(=O)([O-])O)C(O)[C@@H]1O.Nc1ncnc2c1c(C1=CC=CC1)cn2[C@@H]1O[C@H](COP(=O)([O-])O)C(O)[C@@H]1O.[Na+].[Na+].[Na+].[Na+].[Na+].[Na+].